The number of hydrogen-bond donors (Lipinski definition) is 1. The highest BCUT2D eigenvalue weighted by molar-refractivity contribution is 6.29. The number of hydrogen-bond acceptors (Lipinski definition) is 4. The van der Waals surface area contributed by atoms with E-state index in [9.17, 15) is 0 Å². The van der Waals surface area contributed by atoms with E-state index in [2.05, 4.69) is 28.9 Å². The summed E-state index contributed by atoms with van der Waals surface area (Å²) in [4.78, 5) is 2.12. The van der Waals surface area contributed by atoms with E-state index < -0.39 is 0 Å². The Morgan fingerprint density at radius 1 is 1.40 bits per heavy atom. The van der Waals surface area contributed by atoms with E-state index in [-0.39, 0.29) is 6.61 Å². The number of aliphatic hydroxyl groups excluding tert-OH is 1. The molecule has 0 amide bonds. The third-order valence-electron chi connectivity index (χ3n) is 2.17. The Labute approximate surface area is 94.9 Å². The molecule has 15 heavy (non-hydrogen) atoms. The van der Waals surface area contributed by atoms with Crippen LogP contribution >= 0.6 is 11.6 Å². The maximum atomic E-state index is 8.91. The molecule has 0 saturated heterocycles. The van der Waals surface area contributed by atoms with Gasteiger partial charge in [-0.3, -0.25) is 4.90 Å². The molecule has 1 heterocycles. The van der Waals surface area contributed by atoms with Crippen molar-refractivity contribution < 1.29 is 5.11 Å². The fourth-order valence-electron chi connectivity index (χ4n) is 1.28. The summed E-state index contributed by atoms with van der Waals surface area (Å²) in [6.07, 6.45) is 0. The molecule has 0 bridgehead atoms. The molecule has 84 valence electrons. The zero-order valence-electron chi connectivity index (χ0n) is 9.02. The Balaban J connectivity index is 2.61. The number of halogens is 1. The third-order valence-corrected chi connectivity index (χ3v) is 2.37. The van der Waals surface area contributed by atoms with Crippen LogP contribution in [0.15, 0.2) is 12.1 Å². The SMILES string of the molecule is CC(C)N(CCO)Cc1ccc(Cl)nn1. The zero-order valence-corrected chi connectivity index (χ0v) is 9.78. The average molecular weight is 230 g/mol. The first-order valence-electron chi connectivity index (χ1n) is 4.96. The summed E-state index contributed by atoms with van der Waals surface area (Å²) >= 11 is 5.64. The fourth-order valence-corrected chi connectivity index (χ4v) is 1.39. The number of rotatable bonds is 5. The molecule has 0 aliphatic carbocycles. The van der Waals surface area contributed by atoms with Crippen molar-refractivity contribution in [3.8, 4) is 0 Å². The summed E-state index contributed by atoms with van der Waals surface area (Å²) in [5, 5.41) is 17.1. The molecule has 0 aromatic carbocycles. The lowest BCUT2D eigenvalue weighted by Crippen LogP contribution is -2.33. The third kappa shape index (κ3) is 4.11. The topological polar surface area (TPSA) is 49.2 Å². The van der Waals surface area contributed by atoms with Crippen LogP contribution in [0.1, 0.15) is 19.5 Å². The average Bonchev–Trinajstić information content (AvgIpc) is 2.20. The first-order valence-corrected chi connectivity index (χ1v) is 5.34. The summed E-state index contributed by atoms with van der Waals surface area (Å²) in [5.41, 5.74) is 0.863. The van der Waals surface area contributed by atoms with Crippen molar-refractivity contribution in [3.63, 3.8) is 0 Å². The van der Waals surface area contributed by atoms with Gasteiger partial charge in [0.15, 0.2) is 5.15 Å². The zero-order chi connectivity index (χ0) is 11.3. The van der Waals surface area contributed by atoms with Crippen LogP contribution in [-0.2, 0) is 6.54 Å². The lowest BCUT2D eigenvalue weighted by molar-refractivity contribution is 0.157. The van der Waals surface area contributed by atoms with Crippen LogP contribution in [0.4, 0.5) is 0 Å². The maximum Gasteiger partial charge on any atom is 0.151 e. The molecule has 1 rings (SSSR count). The Kier molecular flexibility index (Phi) is 4.94. The van der Waals surface area contributed by atoms with E-state index in [0.29, 0.717) is 24.3 Å². The highest BCUT2D eigenvalue weighted by atomic mass is 35.5. The van der Waals surface area contributed by atoms with E-state index in [0.717, 1.165) is 5.69 Å². The Hall–Kier alpha value is -0.710. The van der Waals surface area contributed by atoms with Crippen LogP contribution in [0.2, 0.25) is 5.15 Å². The van der Waals surface area contributed by atoms with E-state index in [4.69, 9.17) is 16.7 Å². The van der Waals surface area contributed by atoms with Gasteiger partial charge in [0.2, 0.25) is 0 Å². The molecule has 5 heteroatoms. The highest BCUT2D eigenvalue weighted by Gasteiger charge is 2.10. The van der Waals surface area contributed by atoms with Gasteiger partial charge in [-0.15, -0.1) is 5.10 Å². The second-order valence-corrected chi connectivity index (χ2v) is 4.02. The minimum atomic E-state index is 0.152. The Morgan fingerprint density at radius 3 is 2.60 bits per heavy atom. The number of aliphatic hydroxyl groups is 1. The summed E-state index contributed by atoms with van der Waals surface area (Å²) in [5.74, 6) is 0. The van der Waals surface area contributed by atoms with Gasteiger partial charge < -0.3 is 5.11 Å². The fraction of sp³-hybridized carbons (Fsp3) is 0.600. The van der Waals surface area contributed by atoms with Crippen molar-refractivity contribution in [2.45, 2.75) is 26.4 Å². The van der Waals surface area contributed by atoms with Crippen molar-refractivity contribution in [2.75, 3.05) is 13.2 Å². The summed E-state index contributed by atoms with van der Waals surface area (Å²) < 4.78 is 0. The summed E-state index contributed by atoms with van der Waals surface area (Å²) in [6.45, 7) is 5.64. The lowest BCUT2D eigenvalue weighted by atomic mass is 10.3. The number of aromatic nitrogens is 2. The molecular formula is C10H16ClN3O. The first kappa shape index (κ1) is 12.4. The molecule has 0 aliphatic rings. The monoisotopic (exact) mass is 229 g/mol. The van der Waals surface area contributed by atoms with Gasteiger partial charge in [-0.25, -0.2) is 0 Å². The molecule has 0 fully saturated rings. The quantitative estimate of drug-likeness (QED) is 0.828. The van der Waals surface area contributed by atoms with Gasteiger partial charge in [0.1, 0.15) is 0 Å². The Morgan fingerprint density at radius 2 is 2.13 bits per heavy atom. The Bertz CT molecular complexity index is 289. The molecule has 0 radical (unpaired) electrons. The molecule has 0 atom stereocenters. The predicted molar refractivity (Wildman–Crippen MR) is 59.7 cm³/mol. The van der Waals surface area contributed by atoms with Gasteiger partial charge in [-0.2, -0.15) is 5.10 Å². The van der Waals surface area contributed by atoms with Gasteiger partial charge in [0.25, 0.3) is 0 Å². The second-order valence-electron chi connectivity index (χ2n) is 3.64. The molecule has 0 unspecified atom stereocenters. The molecule has 4 nitrogen and oxygen atoms in total. The van der Waals surface area contributed by atoms with Crippen molar-refractivity contribution in [1.29, 1.82) is 0 Å². The van der Waals surface area contributed by atoms with Gasteiger partial charge in [-0.1, -0.05) is 11.6 Å². The second kappa shape index (κ2) is 6.00. The van der Waals surface area contributed by atoms with E-state index in [1.165, 1.54) is 0 Å². The van der Waals surface area contributed by atoms with Crippen molar-refractivity contribution in [1.82, 2.24) is 15.1 Å². The van der Waals surface area contributed by atoms with Crippen LogP contribution in [0.25, 0.3) is 0 Å². The molecular weight excluding hydrogens is 214 g/mol. The first-order chi connectivity index (χ1) is 7.13. The summed E-state index contributed by atoms with van der Waals surface area (Å²) in [6, 6.07) is 3.94. The van der Waals surface area contributed by atoms with Crippen LogP contribution in [0.3, 0.4) is 0 Å². The number of nitrogens with zero attached hydrogens (tertiary/aromatic N) is 3. The van der Waals surface area contributed by atoms with Gasteiger partial charge in [-0.05, 0) is 26.0 Å². The van der Waals surface area contributed by atoms with Gasteiger partial charge in [0, 0.05) is 19.1 Å². The molecule has 0 spiro atoms. The minimum Gasteiger partial charge on any atom is -0.395 e. The lowest BCUT2D eigenvalue weighted by Gasteiger charge is -2.24. The molecule has 1 aromatic rings. The van der Waals surface area contributed by atoms with Crippen LogP contribution in [-0.4, -0.2) is 39.4 Å². The summed E-state index contributed by atoms with van der Waals surface area (Å²) in [7, 11) is 0. The van der Waals surface area contributed by atoms with Crippen LogP contribution in [0, 0.1) is 0 Å². The highest BCUT2D eigenvalue weighted by Crippen LogP contribution is 2.07. The molecule has 0 aliphatic heterocycles. The van der Waals surface area contributed by atoms with E-state index in [1.807, 2.05) is 6.07 Å². The largest absolute Gasteiger partial charge is 0.395 e. The van der Waals surface area contributed by atoms with Gasteiger partial charge >= 0.3 is 0 Å². The minimum absolute atomic E-state index is 0.152. The van der Waals surface area contributed by atoms with E-state index >= 15 is 0 Å². The molecule has 0 saturated carbocycles. The molecule has 1 N–H and O–H groups in total. The normalized spacial score (nSPS) is 11.3. The van der Waals surface area contributed by atoms with Crippen molar-refractivity contribution >= 4 is 11.6 Å². The van der Waals surface area contributed by atoms with Crippen LogP contribution < -0.4 is 0 Å². The standard InChI is InChI=1S/C10H16ClN3O/c1-8(2)14(5-6-15)7-9-3-4-10(11)13-12-9/h3-4,8,15H,5-7H2,1-2H3. The predicted octanol–water partition coefficient (Wildman–Crippen LogP) is 1.33. The van der Waals surface area contributed by atoms with E-state index in [1.54, 1.807) is 6.07 Å². The smallest absolute Gasteiger partial charge is 0.151 e. The molecule has 1 aromatic heterocycles. The van der Waals surface area contributed by atoms with Crippen molar-refractivity contribution in [3.05, 3.63) is 23.0 Å². The van der Waals surface area contributed by atoms with Crippen molar-refractivity contribution in [2.24, 2.45) is 0 Å². The van der Waals surface area contributed by atoms with Crippen LogP contribution in [0.5, 0.6) is 0 Å². The van der Waals surface area contributed by atoms with Gasteiger partial charge in [0.05, 0.1) is 12.3 Å². The maximum absolute atomic E-state index is 8.91.